The standard InChI is InChI=1S/C13H17NO5/c14-11(13(18)19)6-3-9(12(16)17)7-8-1-4-10(15)5-2-8/h1-2,4-5,9,11,15H,3,6-7,14H2,(H,16,17)(H,18,19)/t9-,11+/m1/s1. The molecule has 6 nitrogen and oxygen atoms in total. The van der Waals surface area contributed by atoms with Gasteiger partial charge in [-0.05, 0) is 37.0 Å². The van der Waals surface area contributed by atoms with E-state index in [1.54, 1.807) is 12.1 Å². The average molecular weight is 267 g/mol. The van der Waals surface area contributed by atoms with E-state index >= 15 is 0 Å². The predicted octanol–water partition coefficient (Wildman–Crippen LogP) is 0.828. The number of carboxylic acid groups (broad SMARTS) is 2. The summed E-state index contributed by atoms with van der Waals surface area (Å²) in [7, 11) is 0. The molecular formula is C13H17NO5. The van der Waals surface area contributed by atoms with Gasteiger partial charge in [0.25, 0.3) is 0 Å². The minimum Gasteiger partial charge on any atom is -0.508 e. The van der Waals surface area contributed by atoms with E-state index in [4.69, 9.17) is 21.1 Å². The molecule has 0 fully saturated rings. The van der Waals surface area contributed by atoms with Crippen molar-refractivity contribution < 1.29 is 24.9 Å². The molecule has 0 saturated carbocycles. The molecular weight excluding hydrogens is 250 g/mol. The van der Waals surface area contributed by atoms with Crippen molar-refractivity contribution in [3.63, 3.8) is 0 Å². The summed E-state index contributed by atoms with van der Waals surface area (Å²) in [6.45, 7) is 0. The zero-order valence-corrected chi connectivity index (χ0v) is 10.3. The molecule has 0 aromatic heterocycles. The van der Waals surface area contributed by atoms with Gasteiger partial charge in [0, 0.05) is 0 Å². The average Bonchev–Trinajstić information content (AvgIpc) is 2.35. The molecule has 0 aliphatic carbocycles. The number of hydrogen-bond donors (Lipinski definition) is 4. The highest BCUT2D eigenvalue weighted by Crippen LogP contribution is 2.18. The molecule has 1 aromatic rings. The van der Waals surface area contributed by atoms with E-state index in [0.29, 0.717) is 0 Å². The summed E-state index contributed by atoms with van der Waals surface area (Å²) in [5.41, 5.74) is 6.12. The van der Waals surface area contributed by atoms with Gasteiger partial charge >= 0.3 is 11.9 Å². The first-order valence-corrected chi connectivity index (χ1v) is 5.89. The van der Waals surface area contributed by atoms with E-state index in [-0.39, 0.29) is 25.0 Å². The largest absolute Gasteiger partial charge is 0.508 e. The van der Waals surface area contributed by atoms with Crippen LogP contribution in [-0.4, -0.2) is 33.3 Å². The lowest BCUT2D eigenvalue weighted by molar-refractivity contribution is -0.143. The Bertz CT molecular complexity index is 443. The van der Waals surface area contributed by atoms with Crippen LogP contribution in [-0.2, 0) is 16.0 Å². The van der Waals surface area contributed by atoms with Crippen LogP contribution in [0.2, 0.25) is 0 Å². The van der Waals surface area contributed by atoms with Crippen molar-refractivity contribution in [1.29, 1.82) is 0 Å². The third kappa shape index (κ3) is 4.97. The van der Waals surface area contributed by atoms with E-state index in [2.05, 4.69) is 0 Å². The highest BCUT2D eigenvalue weighted by atomic mass is 16.4. The van der Waals surface area contributed by atoms with Crippen LogP contribution < -0.4 is 5.73 Å². The number of aliphatic carboxylic acids is 2. The highest BCUT2D eigenvalue weighted by Gasteiger charge is 2.21. The summed E-state index contributed by atoms with van der Waals surface area (Å²) >= 11 is 0. The van der Waals surface area contributed by atoms with Crippen molar-refractivity contribution in [2.24, 2.45) is 11.7 Å². The monoisotopic (exact) mass is 267 g/mol. The zero-order chi connectivity index (χ0) is 14.4. The molecule has 0 saturated heterocycles. The molecule has 0 amide bonds. The zero-order valence-electron chi connectivity index (χ0n) is 10.3. The molecule has 6 heteroatoms. The number of benzene rings is 1. The van der Waals surface area contributed by atoms with Gasteiger partial charge in [-0.2, -0.15) is 0 Å². The van der Waals surface area contributed by atoms with E-state index in [1.165, 1.54) is 12.1 Å². The molecule has 1 rings (SSSR count). The first-order chi connectivity index (χ1) is 8.90. The first kappa shape index (κ1) is 15.0. The van der Waals surface area contributed by atoms with Crippen LogP contribution in [0, 0.1) is 5.92 Å². The molecule has 0 heterocycles. The minimum absolute atomic E-state index is 0.114. The molecule has 1 aromatic carbocycles. The number of phenolic OH excluding ortho intramolecular Hbond substituents is 1. The fourth-order valence-corrected chi connectivity index (χ4v) is 1.73. The SMILES string of the molecule is N[C@@H](CC[C@H](Cc1ccc(O)cc1)C(=O)O)C(=O)O. The second-order valence-electron chi connectivity index (χ2n) is 4.43. The number of carboxylic acids is 2. The molecule has 0 unspecified atom stereocenters. The number of hydrogen-bond acceptors (Lipinski definition) is 4. The van der Waals surface area contributed by atoms with E-state index in [0.717, 1.165) is 5.56 Å². The lowest BCUT2D eigenvalue weighted by atomic mass is 9.93. The Balaban J connectivity index is 2.60. The van der Waals surface area contributed by atoms with Crippen molar-refractivity contribution in [3.05, 3.63) is 29.8 Å². The van der Waals surface area contributed by atoms with Crippen LogP contribution in [0.5, 0.6) is 5.75 Å². The van der Waals surface area contributed by atoms with Crippen LogP contribution in [0.1, 0.15) is 18.4 Å². The number of rotatable bonds is 7. The summed E-state index contributed by atoms with van der Waals surface area (Å²) in [5, 5.41) is 26.9. The lowest BCUT2D eigenvalue weighted by Crippen LogP contribution is -2.31. The Labute approximate surface area is 110 Å². The second kappa shape index (κ2) is 6.75. The summed E-state index contributed by atoms with van der Waals surface area (Å²) in [4.78, 5) is 21.7. The summed E-state index contributed by atoms with van der Waals surface area (Å²) in [5.74, 6) is -2.68. The fourth-order valence-electron chi connectivity index (χ4n) is 1.73. The number of aromatic hydroxyl groups is 1. The molecule has 5 N–H and O–H groups in total. The number of carbonyl (C=O) groups is 2. The quantitative estimate of drug-likeness (QED) is 0.580. The maximum atomic E-state index is 11.1. The third-order valence-corrected chi connectivity index (χ3v) is 2.91. The van der Waals surface area contributed by atoms with Crippen LogP contribution in [0.3, 0.4) is 0 Å². The van der Waals surface area contributed by atoms with E-state index in [9.17, 15) is 9.59 Å². The second-order valence-corrected chi connectivity index (χ2v) is 4.43. The summed E-state index contributed by atoms with van der Waals surface area (Å²) in [6, 6.07) is 5.21. The van der Waals surface area contributed by atoms with Gasteiger partial charge in [0.2, 0.25) is 0 Å². The van der Waals surface area contributed by atoms with Crippen molar-refractivity contribution in [3.8, 4) is 5.75 Å². The van der Waals surface area contributed by atoms with Crippen molar-refractivity contribution >= 4 is 11.9 Å². The molecule has 0 spiro atoms. The Morgan fingerprint density at radius 3 is 2.11 bits per heavy atom. The predicted molar refractivity (Wildman–Crippen MR) is 67.8 cm³/mol. The molecule has 2 atom stereocenters. The van der Waals surface area contributed by atoms with Crippen LogP contribution >= 0.6 is 0 Å². The van der Waals surface area contributed by atoms with Gasteiger partial charge in [-0.1, -0.05) is 12.1 Å². The van der Waals surface area contributed by atoms with Crippen molar-refractivity contribution in [2.45, 2.75) is 25.3 Å². The van der Waals surface area contributed by atoms with Crippen molar-refractivity contribution in [1.82, 2.24) is 0 Å². The van der Waals surface area contributed by atoms with Gasteiger partial charge in [0.1, 0.15) is 11.8 Å². The smallest absolute Gasteiger partial charge is 0.320 e. The first-order valence-electron chi connectivity index (χ1n) is 5.89. The Morgan fingerprint density at radius 1 is 1.05 bits per heavy atom. The van der Waals surface area contributed by atoms with E-state index < -0.39 is 23.9 Å². The van der Waals surface area contributed by atoms with Gasteiger partial charge in [0.05, 0.1) is 5.92 Å². The summed E-state index contributed by atoms with van der Waals surface area (Å²) < 4.78 is 0. The topological polar surface area (TPSA) is 121 Å². The van der Waals surface area contributed by atoms with Crippen LogP contribution in [0.25, 0.3) is 0 Å². The molecule has 0 radical (unpaired) electrons. The molecule has 104 valence electrons. The maximum absolute atomic E-state index is 11.1. The summed E-state index contributed by atoms with van der Waals surface area (Å²) in [6.07, 6.45) is 0.593. The van der Waals surface area contributed by atoms with Gasteiger partial charge in [-0.15, -0.1) is 0 Å². The Kier molecular flexibility index (Phi) is 5.32. The minimum atomic E-state index is -1.13. The van der Waals surface area contributed by atoms with E-state index in [1.807, 2.05) is 0 Å². The highest BCUT2D eigenvalue weighted by molar-refractivity contribution is 5.73. The molecule has 0 bridgehead atoms. The maximum Gasteiger partial charge on any atom is 0.320 e. The van der Waals surface area contributed by atoms with Gasteiger partial charge < -0.3 is 21.1 Å². The van der Waals surface area contributed by atoms with Crippen LogP contribution in [0.4, 0.5) is 0 Å². The molecule has 0 aliphatic heterocycles. The Morgan fingerprint density at radius 2 is 1.63 bits per heavy atom. The fraction of sp³-hybridized carbons (Fsp3) is 0.385. The molecule has 0 aliphatic rings. The normalized spacial score (nSPS) is 13.7. The van der Waals surface area contributed by atoms with Crippen LogP contribution in [0.15, 0.2) is 24.3 Å². The van der Waals surface area contributed by atoms with Crippen molar-refractivity contribution in [2.75, 3.05) is 0 Å². The lowest BCUT2D eigenvalue weighted by Gasteiger charge is -2.14. The van der Waals surface area contributed by atoms with Gasteiger partial charge in [-0.3, -0.25) is 9.59 Å². The number of nitrogens with two attached hydrogens (primary N) is 1. The Hall–Kier alpha value is -2.08. The van der Waals surface area contributed by atoms with Gasteiger partial charge in [-0.25, -0.2) is 0 Å². The number of phenols is 1. The third-order valence-electron chi connectivity index (χ3n) is 2.91. The van der Waals surface area contributed by atoms with Gasteiger partial charge in [0.15, 0.2) is 0 Å². The molecule has 19 heavy (non-hydrogen) atoms.